The second-order valence-electron chi connectivity index (χ2n) is 5.69. The van der Waals surface area contributed by atoms with Crippen molar-refractivity contribution in [1.29, 1.82) is 0 Å². The van der Waals surface area contributed by atoms with E-state index in [4.69, 9.17) is 9.47 Å². The van der Waals surface area contributed by atoms with Gasteiger partial charge in [-0.1, -0.05) is 0 Å². The van der Waals surface area contributed by atoms with Gasteiger partial charge in [0.2, 0.25) is 0 Å². The molecule has 2 heterocycles. The van der Waals surface area contributed by atoms with Crippen molar-refractivity contribution in [3.05, 3.63) is 42.1 Å². The molecule has 1 aliphatic rings. The number of nitrogens with zero attached hydrogens (tertiary/aromatic N) is 2. The van der Waals surface area contributed by atoms with E-state index < -0.39 is 0 Å². The molecule has 0 atom stereocenters. The van der Waals surface area contributed by atoms with E-state index >= 15 is 0 Å². The molecule has 26 heavy (non-hydrogen) atoms. The number of anilines is 2. The van der Waals surface area contributed by atoms with Crippen LogP contribution >= 0.6 is 12.4 Å². The van der Waals surface area contributed by atoms with Gasteiger partial charge >= 0.3 is 0 Å². The van der Waals surface area contributed by atoms with E-state index in [-0.39, 0.29) is 18.3 Å². The molecule has 0 aliphatic carbocycles. The lowest BCUT2D eigenvalue weighted by molar-refractivity contribution is 0.102. The quantitative estimate of drug-likeness (QED) is 0.830. The first-order chi connectivity index (χ1) is 12.2. The number of pyridine rings is 1. The molecule has 1 fully saturated rings. The van der Waals surface area contributed by atoms with Crippen molar-refractivity contribution in [1.82, 2.24) is 10.3 Å². The third kappa shape index (κ3) is 4.77. The minimum Gasteiger partial charge on any atom is -0.497 e. The maximum atomic E-state index is 12.5. The zero-order valence-electron chi connectivity index (χ0n) is 14.8. The Balaban J connectivity index is 0.00000243. The molecule has 1 amide bonds. The molecular formula is C18H23ClN4O3. The van der Waals surface area contributed by atoms with Crippen molar-refractivity contribution in [3.8, 4) is 11.5 Å². The highest BCUT2D eigenvalue weighted by atomic mass is 35.5. The highest BCUT2D eigenvalue weighted by Crippen LogP contribution is 2.23. The molecule has 2 N–H and O–H groups in total. The molecule has 1 aliphatic heterocycles. The maximum absolute atomic E-state index is 12.5. The fourth-order valence-electron chi connectivity index (χ4n) is 2.70. The molecule has 1 aromatic heterocycles. The number of hydrogen-bond donors (Lipinski definition) is 2. The summed E-state index contributed by atoms with van der Waals surface area (Å²) in [6.07, 6.45) is 1.78. The van der Waals surface area contributed by atoms with Gasteiger partial charge in [0.1, 0.15) is 17.3 Å². The van der Waals surface area contributed by atoms with Crippen LogP contribution in [0, 0.1) is 0 Å². The predicted octanol–water partition coefficient (Wildman–Crippen LogP) is 2.18. The molecule has 3 rings (SSSR count). The van der Waals surface area contributed by atoms with Gasteiger partial charge < -0.3 is 25.0 Å². The molecule has 0 bridgehead atoms. The lowest BCUT2D eigenvalue weighted by Crippen LogP contribution is -2.43. The summed E-state index contributed by atoms with van der Waals surface area (Å²) < 4.78 is 10.4. The number of aromatic nitrogens is 1. The van der Waals surface area contributed by atoms with Gasteiger partial charge in [-0.3, -0.25) is 4.79 Å². The number of methoxy groups -OCH3 is 2. The average molecular weight is 379 g/mol. The van der Waals surface area contributed by atoms with Gasteiger partial charge in [-0.2, -0.15) is 0 Å². The lowest BCUT2D eigenvalue weighted by Gasteiger charge is -2.29. The predicted molar refractivity (Wildman–Crippen MR) is 104 cm³/mol. The standard InChI is InChI=1S/C18H22N4O3.ClH/c1-24-15-9-13(10-16(11-15)25-2)18(23)21-17-4-3-14(12-20-17)22-7-5-19-6-8-22;/h3-4,9-12,19H,5-8H2,1-2H3,(H,20,21,23);1H. The van der Waals surface area contributed by atoms with Crippen molar-refractivity contribution in [3.63, 3.8) is 0 Å². The van der Waals surface area contributed by atoms with Crippen LogP contribution in [0.3, 0.4) is 0 Å². The van der Waals surface area contributed by atoms with E-state index in [9.17, 15) is 4.79 Å². The number of ether oxygens (including phenoxy) is 2. The average Bonchev–Trinajstić information content (AvgIpc) is 2.68. The summed E-state index contributed by atoms with van der Waals surface area (Å²) >= 11 is 0. The SMILES string of the molecule is COc1cc(OC)cc(C(=O)Nc2ccc(N3CCNCC3)cn2)c1.Cl. The number of piperazine rings is 1. The lowest BCUT2D eigenvalue weighted by atomic mass is 10.2. The van der Waals surface area contributed by atoms with Crippen LogP contribution in [0.25, 0.3) is 0 Å². The van der Waals surface area contributed by atoms with Gasteiger partial charge in [0, 0.05) is 37.8 Å². The summed E-state index contributed by atoms with van der Waals surface area (Å²) in [4.78, 5) is 19.1. The Labute approximate surface area is 159 Å². The fourth-order valence-corrected chi connectivity index (χ4v) is 2.70. The fraction of sp³-hybridized carbons (Fsp3) is 0.333. The number of benzene rings is 1. The summed E-state index contributed by atoms with van der Waals surface area (Å²) in [5.74, 6) is 1.36. The van der Waals surface area contributed by atoms with Crippen LogP contribution < -0.4 is 25.0 Å². The van der Waals surface area contributed by atoms with Crippen LogP contribution in [0.1, 0.15) is 10.4 Å². The number of halogens is 1. The van der Waals surface area contributed by atoms with E-state index in [1.165, 1.54) is 0 Å². The van der Waals surface area contributed by atoms with Gasteiger partial charge in [0.05, 0.1) is 26.1 Å². The van der Waals surface area contributed by atoms with Gasteiger partial charge in [0.25, 0.3) is 5.91 Å². The van der Waals surface area contributed by atoms with Crippen LogP contribution in [0.2, 0.25) is 0 Å². The smallest absolute Gasteiger partial charge is 0.257 e. The molecular weight excluding hydrogens is 356 g/mol. The van der Waals surface area contributed by atoms with E-state index in [1.807, 2.05) is 12.1 Å². The molecule has 140 valence electrons. The van der Waals surface area contributed by atoms with E-state index in [0.717, 1.165) is 31.9 Å². The number of carbonyl (C=O) groups excluding carboxylic acids is 1. The third-order valence-corrected chi connectivity index (χ3v) is 4.09. The van der Waals surface area contributed by atoms with Crippen LogP contribution in [0.4, 0.5) is 11.5 Å². The van der Waals surface area contributed by atoms with Crippen molar-refractivity contribution in [2.24, 2.45) is 0 Å². The second kappa shape index (κ2) is 9.26. The summed E-state index contributed by atoms with van der Waals surface area (Å²) in [6, 6.07) is 8.82. The number of amides is 1. The number of hydrogen-bond acceptors (Lipinski definition) is 6. The van der Waals surface area contributed by atoms with Gasteiger partial charge in [-0.25, -0.2) is 4.98 Å². The molecule has 2 aromatic rings. The van der Waals surface area contributed by atoms with Crippen LogP contribution in [0.15, 0.2) is 36.5 Å². The van der Waals surface area contributed by atoms with Crippen LogP contribution in [-0.4, -0.2) is 51.3 Å². The van der Waals surface area contributed by atoms with Crippen molar-refractivity contribution in [2.45, 2.75) is 0 Å². The summed E-state index contributed by atoms with van der Waals surface area (Å²) in [5.41, 5.74) is 1.51. The summed E-state index contributed by atoms with van der Waals surface area (Å²) in [5, 5.41) is 6.12. The topological polar surface area (TPSA) is 75.7 Å². The Morgan fingerprint density at radius 1 is 1.12 bits per heavy atom. The van der Waals surface area contributed by atoms with Gasteiger partial charge in [-0.05, 0) is 24.3 Å². The summed E-state index contributed by atoms with van der Waals surface area (Å²) in [6.45, 7) is 3.85. The minimum atomic E-state index is -0.264. The Hall–Kier alpha value is -2.51. The first-order valence-electron chi connectivity index (χ1n) is 8.16. The van der Waals surface area contributed by atoms with E-state index in [0.29, 0.717) is 22.9 Å². The monoisotopic (exact) mass is 378 g/mol. The Bertz CT molecular complexity index is 711. The number of carbonyl (C=O) groups is 1. The van der Waals surface area contributed by atoms with E-state index in [2.05, 4.69) is 20.5 Å². The zero-order valence-corrected chi connectivity index (χ0v) is 15.6. The normalized spacial score (nSPS) is 13.5. The summed E-state index contributed by atoms with van der Waals surface area (Å²) in [7, 11) is 3.10. The van der Waals surface area contributed by atoms with Crippen molar-refractivity contribution >= 4 is 29.8 Å². The minimum absolute atomic E-state index is 0. The molecule has 8 heteroatoms. The Morgan fingerprint density at radius 3 is 2.31 bits per heavy atom. The highest BCUT2D eigenvalue weighted by Gasteiger charge is 2.13. The highest BCUT2D eigenvalue weighted by molar-refractivity contribution is 6.04. The molecule has 0 saturated carbocycles. The largest absolute Gasteiger partial charge is 0.497 e. The second-order valence-corrected chi connectivity index (χ2v) is 5.69. The first-order valence-corrected chi connectivity index (χ1v) is 8.16. The maximum Gasteiger partial charge on any atom is 0.257 e. The molecule has 0 unspecified atom stereocenters. The van der Waals surface area contributed by atoms with Gasteiger partial charge in [-0.15, -0.1) is 12.4 Å². The van der Waals surface area contributed by atoms with Crippen LogP contribution in [0.5, 0.6) is 11.5 Å². The Morgan fingerprint density at radius 2 is 1.77 bits per heavy atom. The molecule has 0 radical (unpaired) electrons. The molecule has 1 aromatic carbocycles. The van der Waals surface area contributed by atoms with E-state index in [1.54, 1.807) is 38.6 Å². The molecule has 0 spiro atoms. The molecule has 7 nitrogen and oxygen atoms in total. The van der Waals surface area contributed by atoms with Crippen molar-refractivity contribution < 1.29 is 14.3 Å². The third-order valence-electron chi connectivity index (χ3n) is 4.09. The Kier molecular flexibility index (Phi) is 7.06. The van der Waals surface area contributed by atoms with Crippen molar-refractivity contribution in [2.75, 3.05) is 50.6 Å². The number of nitrogens with one attached hydrogen (secondary N) is 2. The molecule has 1 saturated heterocycles. The van der Waals surface area contributed by atoms with Gasteiger partial charge in [0.15, 0.2) is 0 Å². The zero-order chi connectivity index (χ0) is 17.6. The number of rotatable bonds is 5. The first kappa shape index (κ1) is 19.8. The van der Waals surface area contributed by atoms with Crippen LogP contribution in [-0.2, 0) is 0 Å².